The van der Waals surface area contributed by atoms with Crippen LogP contribution in [0.3, 0.4) is 0 Å². The lowest BCUT2D eigenvalue weighted by atomic mass is 10.1. The average Bonchev–Trinajstić information content (AvgIpc) is 2.62. The van der Waals surface area contributed by atoms with Crippen LogP contribution in [0.5, 0.6) is 0 Å². The molecular formula is C20H28ClN3O2S. The lowest BCUT2D eigenvalue weighted by Crippen LogP contribution is -2.34. The number of benzene rings is 1. The topological polar surface area (TPSA) is 64.0 Å². The van der Waals surface area contributed by atoms with Gasteiger partial charge in [-0.2, -0.15) is 0 Å². The number of thioether (sulfide) groups is 1. The Labute approximate surface area is 169 Å². The highest BCUT2D eigenvalue weighted by Crippen LogP contribution is 2.20. The standard InChI is InChI=1S/C20H28ClN3O2S/c1-4-6-7-8-14(3)22-18(25)13-27-20-23-17-12-15(21)9-10-16(17)19(26)24(20)11-5-2/h9-10,12,14H,4-8,11,13H2,1-3H3,(H,22,25)/t14-/m1/s1. The Morgan fingerprint density at radius 2 is 2.07 bits per heavy atom. The van der Waals surface area contributed by atoms with Gasteiger partial charge in [-0.25, -0.2) is 4.98 Å². The molecule has 0 aliphatic rings. The summed E-state index contributed by atoms with van der Waals surface area (Å²) in [5.74, 6) is 0.202. The molecule has 0 bridgehead atoms. The molecule has 0 aliphatic carbocycles. The van der Waals surface area contributed by atoms with E-state index in [1.54, 1.807) is 22.8 Å². The van der Waals surface area contributed by atoms with Gasteiger partial charge < -0.3 is 5.32 Å². The number of halogens is 1. The number of carbonyl (C=O) groups is 1. The van der Waals surface area contributed by atoms with Crippen LogP contribution in [-0.2, 0) is 11.3 Å². The molecule has 1 aromatic carbocycles. The number of amides is 1. The summed E-state index contributed by atoms with van der Waals surface area (Å²) < 4.78 is 1.65. The third-order valence-electron chi connectivity index (χ3n) is 4.31. The van der Waals surface area contributed by atoms with Crippen LogP contribution in [0, 0.1) is 0 Å². The third-order valence-corrected chi connectivity index (χ3v) is 5.52. The van der Waals surface area contributed by atoms with Gasteiger partial charge in [0.15, 0.2) is 5.16 Å². The van der Waals surface area contributed by atoms with Crippen molar-refractivity contribution in [2.24, 2.45) is 0 Å². The second kappa shape index (κ2) is 10.7. The van der Waals surface area contributed by atoms with Gasteiger partial charge in [0.25, 0.3) is 5.56 Å². The molecule has 0 unspecified atom stereocenters. The SMILES string of the molecule is CCCCC[C@@H](C)NC(=O)CSc1nc2cc(Cl)ccc2c(=O)n1CCC. The first-order valence-corrected chi connectivity index (χ1v) is 10.9. The number of aromatic nitrogens is 2. The Kier molecular flexibility index (Phi) is 8.64. The van der Waals surface area contributed by atoms with Crippen molar-refractivity contribution in [2.75, 3.05) is 5.75 Å². The fourth-order valence-electron chi connectivity index (χ4n) is 2.92. The van der Waals surface area contributed by atoms with Gasteiger partial charge >= 0.3 is 0 Å². The molecule has 1 N–H and O–H groups in total. The Morgan fingerprint density at radius 1 is 1.30 bits per heavy atom. The fourth-order valence-corrected chi connectivity index (χ4v) is 3.93. The molecule has 0 fully saturated rings. The van der Waals surface area contributed by atoms with Gasteiger partial charge in [-0.3, -0.25) is 14.2 Å². The van der Waals surface area contributed by atoms with E-state index in [4.69, 9.17) is 11.6 Å². The van der Waals surface area contributed by atoms with Gasteiger partial charge in [-0.1, -0.05) is 56.5 Å². The number of nitrogens with one attached hydrogen (secondary N) is 1. The van der Waals surface area contributed by atoms with E-state index in [0.717, 1.165) is 19.3 Å². The predicted octanol–water partition coefficient (Wildman–Crippen LogP) is 4.64. The van der Waals surface area contributed by atoms with Crippen molar-refractivity contribution >= 4 is 40.2 Å². The zero-order valence-corrected chi connectivity index (χ0v) is 17.8. The molecule has 27 heavy (non-hydrogen) atoms. The first kappa shape index (κ1) is 21.8. The van der Waals surface area contributed by atoms with Crippen LogP contribution in [0.2, 0.25) is 5.02 Å². The normalized spacial score (nSPS) is 12.3. The Balaban J connectivity index is 2.11. The number of hydrogen-bond donors (Lipinski definition) is 1. The van der Waals surface area contributed by atoms with Crippen molar-refractivity contribution in [1.29, 1.82) is 0 Å². The maximum Gasteiger partial charge on any atom is 0.262 e. The van der Waals surface area contributed by atoms with Gasteiger partial charge in [0.2, 0.25) is 5.91 Å². The van der Waals surface area contributed by atoms with Gasteiger partial charge in [-0.05, 0) is 38.0 Å². The van der Waals surface area contributed by atoms with Crippen molar-refractivity contribution in [3.8, 4) is 0 Å². The van der Waals surface area contributed by atoms with Gasteiger partial charge in [0.1, 0.15) is 0 Å². The molecule has 7 heteroatoms. The first-order chi connectivity index (χ1) is 13.0. The van der Waals surface area contributed by atoms with Crippen LogP contribution >= 0.6 is 23.4 Å². The van der Waals surface area contributed by atoms with Crippen molar-refractivity contribution in [1.82, 2.24) is 14.9 Å². The highest BCUT2D eigenvalue weighted by molar-refractivity contribution is 7.99. The van der Waals surface area contributed by atoms with Crippen molar-refractivity contribution < 1.29 is 4.79 Å². The first-order valence-electron chi connectivity index (χ1n) is 9.58. The van der Waals surface area contributed by atoms with Crippen LogP contribution in [0.1, 0.15) is 52.9 Å². The smallest absolute Gasteiger partial charge is 0.262 e. The minimum Gasteiger partial charge on any atom is -0.353 e. The summed E-state index contributed by atoms with van der Waals surface area (Å²) in [6, 6.07) is 5.25. The summed E-state index contributed by atoms with van der Waals surface area (Å²) in [4.78, 5) is 29.6. The van der Waals surface area contributed by atoms with Crippen LogP contribution in [0.25, 0.3) is 10.9 Å². The van der Waals surface area contributed by atoms with E-state index in [1.165, 1.54) is 24.6 Å². The molecule has 0 radical (unpaired) electrons. The summed E-state index contributed by atoms with van der Waals surface area (Å²) in [5, 5.41) is 4.67. The lowest BCUT2D eigenvalue weighted by molar-refractivity contribution is -0.119. The quantitative estimate of drug-likeness (QED) is 0.353. The maximum atomic E-state index is 12.8. The van der Waals surface area contributed by atoms with Crippen molar-refractivity contribution in [3.63, 3.8) is 0 Å². The van der Waals surface area contributed by atoms with Crippen LogP contribution in [-0.4, -0.2) is 27.3 Å². The van der Waals surface area contributed by atoms with E-state index >= 15 is 0 Å². The largest absolute Gasteiger partial charge is 0.353 e. The number of nitrogens with zero attached hydrogens (tertiary/aromatic N) is 2. The van der Waals surface area contributed by atoms with Crippen molar-refractivity contribution in [2.45, 2.75) is 70.6 Å². The van der Waals surface area contributed by atoms with E-state index in [2.05, 4.69) is 17.2 Å². The van der Waals surface area contributed by atoms with Crippen LogP contribution < -0.4 is 10.9 Å². The molecule has 1 heterocycles. The minimum absolute atomic E-state index is 0.0347. The molecule has 0 spiro atoms. The van der Waals surface area contributed by atoms with E-state index in [9.17, 15) is 9.59 Å². The zero-order valence-electron chi connectivity index (χ0n) is 16.3. The summed E-state index contributed by atoms with van der Waals surface area (Å²) >= 11 is 7.34. The molecule has 0 saturated carbocycles. The Morgan fingerprint density at radius 3 is 2.78 bits per heavy atom. The second-order valence-corrected chi connectivity index (χ2v) is 8.14. The van der Waals surface area contributed by atoms with Crippen LogP contribution in [0.15, 0.2) is 28.2 Å². The van der Waals surface area contributed by atoms with E-state index in [1.807, 2.05) is 13.8 Å². The Hall–Kier alpha value is -1.53. The maximum absolute atomic E-state index is 12.8. The zero-order chi connectivity index (χ0) is 19.8. The molecular weight excluding hydrogens is 382 g/mol. The average molecular weight is 410 g/mol. The fraction of sp³-hybridized carbons (Fsp3) is 0.550. The van der Waals surface area contributed by atoms with Crippen LogP contribution in [0.4, 0.5) is 0 Å². The number of rotatable bonds is 10. The van der Waals surface area contributed by atoms with E-state index < -0.39 is 0 Å². The summed E-state index contributed by atoms with van der Waals surface area (Å²) in [5.41, 5.74) is 0.477. The lowest BCUT2D eigenvalue weighted by Gasteiger charge is -2.15. The summed E-state index contributed by atoms with van der Waals surface area (Å²) in [6.45, 7) is 6.78. The highest BCUT2D eigenvalue weighted by Gasteiger charge is 2.14. The Bertz CT molecular complexity index is 838. The van der Waals surface area contributed by atoms with Gasteiger partial charge in [-0.15, -0.1) is 0 Å². The molecule has 2 aromatic rings. The molecule has 0 saturated heterocycles. The monoisotopic (exact) mass is 409 g/mol. The molecule has 1 atom stereocenters. The molecule has 1 aromatic heterocycles. The molecule has 5 nitrogen and oxygen atoms in total. The summed E-state index contributed by atoms with van der Waals surface area (Å²) in [7, 11) is 0. The third kappa shape index (κ3) is 6.25. The minimum atomic E-state index is -0.0886. The molecule has 1 amide bonds. The number of hydrogen-bond acceptors (Lipinski definition) is 4. The number of carbonyl (C=O) groups excluding carboxylic acids is 1. The second-order valence-electron chi connectivity index (χ2n) is 6.77. The number of fused-ring (bicyclic) bond motifs is 1. The highest BCUT2D eigenvalue weighted by atomic mass is 35.5. The van der Waals surface area contributed by atoms with Crippen molar-refractivity contribution in [3.05, 3.63) is 33.6 Å². The van der Waals surface area contributed by atoms with Gasteiger partial charge in [0.05, 0.1) is 16.7 Å². The van der Waals surface area contributed by atoms with Gasteiger partial charge in [0, 0.05) is 17.6 Å². The number of unbranched alkanes of at least 4 members (excludes halogenated alkanes) is 2. The molecule has 148 valence electrons. The predicted molar refractivity (Wildman–Crippen MR) is 114 cm³/mol. The molecule has 2 rings (SSSR count). The molecule has 0 aliphatic heterocycles. The summed E-state index contributed by atoms with van der Waals surface area (Å²) in [6.07, 6.45) is 5.27. The van der Waals surface area contributed by atoms with E-state index in [-0.39, 0.29) is 23.3 Å². The van der Waals surface area contributed by atoms with E-state index in [0.29, 0.717) is 27.6 Å².